The topological polar surface area (TPSA) is 106 Å². The molecule has 3 N–H and O–H groups in total. The van der Waals surface area contributed by atoms with E-state index in [1.165, 1.54) is 6.42 Å². The van der Waals surface area contributed by atoms with Crippen LogP contribution in [0.2, 0.25) is 0 Å². The standard InChI is InChI=1S/C22H26N6O2S/c1-14-20(29)27(2)18-12-15-13-24-21(25-16-6-8-17(9-7-16)31(23)30)26-19(15)28(18)22(14)10-4-3-5-11-22/h6-9,12-14H,3-5,10-11,23H2,1-2H3,(H,24,25,26). The molecule has 0 bridgehead atoms. The monoisotopic (exact) mass is 438 g/mol. The summed E-state index contributed by atoms with van der Waals surface area (Å²) in [4.78, 5) is 24.7. The molecule has 2 aromatic heterocycles. The van der Waals surface area contributed by atoms with Gasteiger partial charge in [-0.2, -0.15) is 4.98 Å². The first kappa shape index (κ1) is 20.1. The maximum Gasteiger partial charge on any atom is 0.233 e. The molecule has 1 aliphatic carbocycles. The van der Waals surface area contributed by atoms with Crippen molar-refractivity contribution in [1.29, 1.82) is 0 Å². The van der Waals surface area contributed by atoms with Crippen molar-refractivity contribution in [3.63, 3.8) is 0 Å². The average molecular weight is 439 g/mol. The summed E-state index contributed by atoms with van der Waals surface area (Å²) in [6.45, 7) is 2.06. The third-order valence-electron chi connectivity index (χ3n) is 6.88. The number of benzene rings is 1. The minimum atomic E-state index is -1.51. The molecule has 2 unspecified atom stereocenters. The molecule has 2 aliphatic rings. The first-order valence-corrected chi connectivity index (χ1v) is 11.8. The van der Waals surface area contributed by atoms with Gasteiger partial charge in [0, 0.05) is 24.3 Å². The van der Waals surface area contributed by atoms with E-state index in [0.29, 0.717) is 10.8 Å². The van der Waals surface area contributed by atoms with Crippen LogP contribution in [0.1, 0.15) is 39.0 Å². The quantitative estimate of drug-likeness (QED) is 0.652. The predicted molar refractivity (Wildman–Crippen MR) is 121 cm³/mol. The second-order valence-corrected chi connectivity index (χ2v) is 9.61. The minimum Gasteiger partial charge on any atom is -0.324 e. The summed E-state index contributed by atoms with van der Waals surface area (Å²) in [7, 11) is 0.333. The lowest BCUT2D eigenvalue weighted by Crippen LogP contribution is -2.54. The van der Waals surface area contributed by atoms with Crippen LogP contribution in [0.3, 0.4) is 0 Å². The highest BCUT2D eigenvalue weighted by Crippen LogP contribution is 2.49. The number of nitrogens with two attached hydrogens (primary N) is 1. The van der Waals surface area contributed by atoms with Crippen LogP contribution in [-0.2, 0) is 21.3 Å². The van der Waals surface area contributed by atoms with Crippen molar-refractivity contribution < 1.29 is 9.00 Å². The molecule has 1 aromatic carbocycles. The number of amides is 1. The number of carbonyl (C=O) groups is 1. The van der Waals surface area contributed by atoms with Gasteiger partial charge in [0.15, 0.2) is 0 Å². The number of hydrogen-bond acceptors (Lipinski definition) is 5. The second-order valence-electron chi connectivity index (χ2n) is 8.54. The number of nitrogens with zero attached hydrogens (tertiary/aromatic N) is 4. The van der Waals surface area contributed by atoms with Crippen LogP contribution in [-0.4, -0.2) is 31.7 Å². The van der Waals surface area contributed by atoms with E-state index in [1.54, 1.807) is 35.4 Å². The summed E-state index contributed by atoms with van der Waals surface area (Å²) in [5.74, 6) is 1.44. The molecule has 1 fully saturated rings. The van der Waals surface area contributed by atoms with Gasteiger partial charge >= 0.3 is 0 Å². The Balaban J connectivity index is 1.60. The van der Waals surface area contributed by atoms with Crippen molar-refractivity contribution in [3.05, 3.63) is 36.5 Å². The zero-order valence-electron chi connectivity index (χ0n) is 17.7. The fourth-order valence-corrected chi connectivity index (χ4v) is 5.57. The normalized spacial score (nSPS) is 21.3. The molecular weight excluding hydrogens is 412 g/mol. The van der Waals surface area contributed by atoms with E-state index in [-0.39, 0.29) is 17.4 Å². The third-order valence-corrected chi connectivity index (χ3v) is 7.62. The number of hydrogen-bond donors (Lipinski definition) is 2. The van der Waals surface area contributed by atoms with Gasteiger partial charge in [-0.1, -0.05) is 26.2 Å². The Bertz CT molecular complexity index is 1180. The van der Waals surface area contributed by atoms with Gasteiger partial charge in [-0.25, -0.2) is 14.3 Å². The predicted octanol–water partition coefficient (Wildman–Crippen LogP) is 3.43. The van der Waals surface area contributed by atoms with Crippen LogP contribution in [0.4, 0.5) is 17.5 Å². The summed E-state index contributed by atoms with van der Waals surface area (Å²) in [5, 5.41) is 9.58. The third kappa shape index (κ3) is 3.14. The molecule has 1 spiro atoms. The van der Waals surface area contributed by atoms with Gasteiger partial charge in [0.05, 0.1) is 16.4 Å². The van der Waals surface area contributed by atoms with Crippen molar-refractivity contribution in [1.82, 2.24) is 14.5 Å². The molecule has 8 nitrogen and oxygen atoms in total. The van der Waals surface area contributed by atoms with Gasteiger partial charge < -0.3 is 14.8 Å². The van der Waals surface area contributed by atoms with Gasteiger partial charge in [0.2, 0.25) is 11.9 Å². The molecule has 2 atom stereocenters. The molecule has 1 amide bonds. The highest BCUT2D eigenvalue weighted by atomic mass is 32.2. The number of nitrogens with one attached hydrogen (secondary N) is 1. The summed E-state index contributed by atoms with van der Waals surface area (Å²) in [5.41, 5.74) is 1.39. The van der Waals surface area contributed by atoms with Crippen molar-refractivity contribution in [2.45, 2.75) is 49.5 Å². The molecular formula is C22H26N6O2S. The highest BCUT2D eigenvalue weighted by Gasteiger charge is 2.49. The number of carbonyl (C=O) groups excluding carboxylic acids is 1. The lowest BCUT2D eigenvalue weighted by molar-refractivity contribution is -0.127. The summed E-state index contributed by atoms with van der Waals surface area (Å²) >= 11 is 0. The van der Waals surface area contributed by atoms with Crippen molar-refractivity contribution in [3.8, 4) is 0 Å². The van der Waals surface area contributed by atoms with E-state index in [1.807, 2.05) is 13.1 Å². The van der Waals surface area contributed by atoms with Gasteiger partial charge in [-0.15, -0.1) is 0 Å². The molecule has 0 saturated heterocycles. The molecule has 3 heterocycles. The van der Waals surface area contributed by atoms with Gasteiger partial charge in [-0.05, 0) is 43.2 Å². The Morgan fingerprint density at radius 2 is 1.90 bits per heavy atom. The lowest BCUT2D eigenvalue weighted by Gasteiger charge is -2.49. The van der Waals surface area contributed by atoms with Crippen molar-refractivity contribution >= 4 is 45.4 Å². The van der Waals surface area contributed by atoms with Crippen molar-refractivity contribution in [2.24, 2.45) is 11.1 Å². The molecule has 9 heteroatoms. The Kier molecular flexibility index (Phi) is 4.82. The van der Waals surface area contributed by atoms with E-state index in [9.17, 15) is 9.00 Å². The van der Waals surface area contributed by atoms with E-state index >= 15 is 0 Å². The van der Waals surface area contributed by atoms with Gasteiger partial charge in [0.25, 0.3) is 0 Å². The number of aromatic nitrogens is 3. The first-order chi connectivity index (χ1) is 14.9. The molecule has 1 aliphatic heterocycles. The fourth-order valence-electron chi connectivity index (χ4n) is 5.17. The smallest absolute Gasteiger partial charge is 0.233 e. The zero-order chi connectivity index (χ0) is 21.8. The number of anilines is 3. The Morgan fingerprint density at radius 3 is 2.58 bits per heavy atom. The maximum absolute atomic E-state index is 13.1. The zero-order valence-corrected chi connectivity index (χ0v) is 18.5. The SMILES string of the molecule is CC1C(=O)N(C)c2cc3cnc(Nc4ccc(S(N)=O)cc4)nc3n2C12CCCCC2. The molecule has 5 rings (SSSR count). The number of rotatable bonds is 3. The molecule has 162 valence electrons. The van der Waals surface area contributed by atoms with Crippen LogP contribution in [0.25, 0.3) is 11.0 Å². The molecule has 0 radical (unpaired) electrons. The first-order valence-electron chi connectivity index (χ1n) is 10.6. The second kappa shape index (κ2) is 7.42. The molecule has 3 aromatic rings. The van der Waals surface area contributed by atoms with Gasteiger partial charge in [0.1, 0.15) is 22.5 Å². The van der Waals surface area contributed by atoms with E-state index in [2.05, 4.69) is 21.8 Å². The Labute approximate surface area is 183 Å². The van der Waals surface area contributed by atoms with Crippen LogP contribution in [0.5, 0.6) is 0 Å². The lowest BCUT2D eigenvalue weighted by atomic mass is 9.71. The van der Waals surface area contributed by atoms with Gasteiger partial charge in [-0.3, -0.25) is 4.79 Å². The summed E-state index contributed by atoms with van der Waals surface area (Å²) in [6.07, 6.45) is 7.21. The highest BCUT2D eigenvalue weighted by molar-refractivity contribution is 7.82. The summed E-state index contributed by atoms with van der Waals surface area (Å²) in [6, 6.07) is 9.06. The molecule has 31 heavy (non-hydrogen) atoms. The fraction of sp³-hybridized carbons (Fsp3) is 0.409. The number of fused-ring (bicyclic) bond motifs is 4. The maximum atomic E-state index is 13.1. The van der Waals surface area contributed by atoms with Crippen LogP contribution < -0.4 is 15.4 Å². The van der Waals surface area contributed by atoms with E-state index in [0.717, 1.165) is 48.2 Å². The van der Waals surface area contributed by atoms with Crippen LogP contribution >= 0.6 is 0 Å². The minimum absolute atomic E-state index is 0.100. The van der Waals surface area contributed by atoms with Crippen LogP contribution in [0.15, 0.2) is 41.4 Å². The van der Waals surface area contributed by atoms with E-state index in [4.69, 9.17) is 10.1 Å². The Hall–Kier alpha value is -2.78. The largest absolute Gasteiger partial charge is 0.324 e. The summed E-state index contributed by atoms with van der Waals surface area (Å²) < 4.78 is 13.7. The van der Waals surface area contributed by atoms with Crippen molar-refractivity contribution in [2.75, 3.05) is 17.3 Å². The van der Waals surface area contributed by atoms with E-state index < -0.39 is 11.0 Å². The molecule has 1 saturated carbocycles. The average Bonchev–Trinajstić information content (AvgIpc) is 3.17. The van der Waals surface area contributed by atoms with Crippen LogP contribution in [0, 0.1) is 5.92 Å². The Morgan fingerprint density at radius 1 is 1.19 bits per heavy atom.